The second kappa shape index (κ2) is 10.6. The number of rotatable bonds is 9. The largest absolute Gasteiger partial charge is 0.484 e. The van der Waals surface area contributed by atoms with Gasteiger partial charge in [-0.25, -0.2) is 0 Å². The highest BCUT2D eigenvalue weighted by Gasteiger charge is 2.29. The molecule has 0 aliphatic carbocycles. The summed E-state index contributed by atoms with van der Waals surface area (Å²) in [7, 11) is 0. The fraction of sp³-hybridized carbons (Fsp3) is 0.417. The number of carbonyl (C=O) groups is 2. The molecule has 2 amide bonds. The Kier molecular flexibility index (Phi) is 8.25. The summed E-state index contributed by atoms with van der Waals surface area (Å²) in [6, 6.07) is 15.0. The number of hydrogen-bond acceptors (Lipinski definition) is 3. The van der Waals surface area contributed by atoms with Gasteiger partial charge >= 0.3 is 0 Å². The van der Waals surface area contributed by atoms with E-state index in [4.69, 9.17) is 4.74 Å². The Bertz CT molecular complexity index is 832. The molecule has 0 heterocycles. The van der Waals surface area contributed by atoms with Crippen LogP contribution < -0.4 is 10.1 Å². The topological polar surface area (TPSA) is 58.6 Å². The van der Waals surface area contributed by atoms with E-state index in [2.05, 4.69) is 5.32 Å². The zero-order valence-electron chi connectivity index (χ0n) is 18.1. The second-order valence-corrected chi connectivity index (χ2v) is 7.64. The molecule has 0 spiro atoms. The van der Waals surface area contributed by atoms with Gasteiger partial charge in [-0.15, -0.1) is 0 Å². The van der Waals surface area contributed by atoms with Crippen molar-refractivity contribution in [2.75, 3.05) is 6.61 Å². The van der Waals surface area contributed by atoms with Gasteiger partial charge in [-0.05, 0) is 62.9 Å². The van der Waals surface area contributed by atoms with Crippen molar-refractivity contribution in [3.8, 4) is 5.75 Å². The van der Waals surface area contributed by atoms with E-state index in [1.165, 1.54) is 0 Å². The number of hydrogen-bond donors (Lipinski definition) is 1. The van der Waals surface area contributed by atoms with Gasteiger partial charge in [0, 0.05) is 12.6 Å². The van der Waals surface area contributed by atoms with Crippen LogP contribution in [0.5, 0.6) is 5.75 Å². The third kappa shape index (κ3) is 6.63. The molecule has 5 heteroatoms. The molecular formula is C24H32N2O3. The summed E-state index contributed by atoms with van der Waals surface area (Å²) < 4.78 is 5.73. The van der Waals surface area contributed by atoms with Crippen molar-refractivity contribution in [3.05, 3.63) is 65.2 Å². The standard InChI is InChI=1S/C24H32N2O3/c1-6-22(24(28)25-17(2)3)26(15-20-12-8-7-11-19(20)5)23(27)16-29-21-13-9-10-18(4)14-21/h7-14,17,22H,6,15-16H2,1-5H3,(H,25,28)/t22-/m1/s1. The lowest BCUT2D eigenvalue weighted by Gasteiger charge is -2.31. The van der Waals surface area contributed by atoms with E-state index < -0.39 is 6.04 Å². The van der Waals surface area contributed by atoms with Crippen LogP contribution in [-0.2, 0) is 16.1 Å². The molecule has 0 aliphatic rings. The maximum absolute atomic E-state index is 13.1. The third-order valence-electron chi connectivity index (χ3n) is 4.77. The van der Waals surface area contributed by atoms with Gasteiger partial charge in [0.1, 0.15) is 11.8 Å². The van der Waals surface area contributed by atoms with Crippen LogP contribution >= 0.6 is 0 Å². The predicted octanol–water partition coefficient (Wildman–Crippen LogP) is 4.01. The minimum absolute atomic E-state index is 0.00973. The van der Waals surface area contributed by atoms with E-state index in [-0.39, 0.29) is 24.5 Å². The minimum Gasteiger partial charge on any atom is -0.484 e. The number of nitrogens with one attached hydrogen (secondary N) is 1. The van der Waals surface area contributed by atoms with Gasteiger partial charge in [0.15, 0.2) is 6.61 Å². The lowest BCUT2D eigenvalue weighted by molar-refractivity contribution is -0.143. The Morgan fingerprint density at radius 1 is 1.07 bits per heavy atom. The summed E-state index contributed by atoms with van der Waals surface area (Å²) in [5, 5.41) is 2.94. The van der Waals surface area contributed by atoms with Crippen LogP contribution in [0.4, 0.5) is 0 Å². The Labute approximate surface area is 174 Å². The summed E-state index contributed by atoms with van der Waals surface area (Å²) in [4.78, 5) is 27.5. The van der Waals surface area contributed by atoms with Gasteiger partial charge in [-0.1, -0.05) is 43.3 Å². The first-order valence-electron chi connectivity index (χ1n) is 10.2. The summed E-state index contributed by atoms with van der Waals surface area (Å²) >= 11 is 0. The lowest BCUT2D eigenvalue weighted by atomic mass is 10.1. The molecule has 2 rings (SSSR count). The van der Waals surface area contributed by atoms with Crippen molar-refractivity contribution in [1.29, 1.82) is 0 Å². The number of amides is 2. The molecule has 0 saturated carbocycles. The Balaban J connectivity index is 2.23. The minimum atomic E-state index is -0.550. The monoisotopic (exact) mass is 396 g/mol. The first-order valence-corrected chi connectivity index (χ1v) is 10.2. The Morgan fingerprint density at radius 3 is 2.41 bits per heavy atom. The number of carbonyl (C=O) groups excluding carboxylic acids is 2. The van der Waals surface area contributed by atoms with Crippen LogP contribution in [0.3, 0.4) is 0 Å². The van der Waals surface area contributed by atoms with E-state index >= 15 is 0 Å². The van der Waals surface area contributed by atoms with E-state index in [1.807, 2.05) is 83.1 Å². The quantitative estimate of drug-likeness (QED) is 0.697. The molecule has 2 aromatic rings. The van der Waals surface area contributed by atoms with Crippen LogP contribution in [-0.4, -0.2) is 35.4 Å². The predicted molar refractivity (Wildman–Crippen MR) is 116 cm³/mol. The van der Waals surface area contributed by atoms with Gasteiger partial charge in [-0.3, -0.25) is 9.59 Å². The molecule has 0 saturated heterocycles. The zero-order chi connectivity index (χ0) is 21.4. The molecule has 0 radical (unpaired) electrons. The molecule has 156 valence electrons. The molecule has 5 nitrogen and oxygen atoms in total. The second-order valence-electron chi connectivity index (χ2n) is 7.64. The Hall–Kier alpha value is -2.82. The molecular weight excluding hydrogens is 364 g/mol. The van der Waals surface area contributed by atoms with Gasteiger partial charge in [-0.2, -0.15) is 0 Å². The van der Waals surface area contributed by atoms with E-state index in [1.54, 1.807) is 4.90 Å². The van der Waals surface area contributed by atoms with Gasteiger partial charge in [0.25, 0.3) is 5.91 Å². The maximum Gasteiger partial charge on any atom is 0.261 e. The Morgan fingerprint density at radius 2 is 1.79 bits per heavy atom. The van der Waals surface area contributed by atoms with Crippen molar-refractivity contribution >= 4 is 11.8 Å². The van der Waals surface area contributed by atoms with E-state index in [0.717, 1.165) is 16.7 Å². The smallest absolute Gasteiger partial charge is 0.261 e. The highest BCUT2D eigenvalue weighted by molar-refractivity contribution is 5.88. The highest BCUT2D eigenvalue weighted by atomic mass is 16.5. The first kappa shape index (κ1) is 22.5. The normalized spacial score (nSPS) is 11.8. The molecule has 29 heavy (non-hydrogen) atoms. The molecule has 0 unspecified atom stereocenters. The van der Waals surface area contributed by atoms with E-state index in [9.17, 15) is 9.59 Å². The molecule has 2 aromatic carbocycles. The number of aryl methyl sites for hydroxylation is 2. The fourth-order valence-corrected chi connectivity index (χ4v) is 3.20. The summed E-state index contributed by atoms with van der Waals surface area (Å²) in [5.74, 6) is 0.300. The van der Waals surface area contributed by atoms with E-state index in [0.29, 0.717) is 18.7 Å². The highest BCUT2D eigenvalue weighted by Crippen LogP contribution is 2.17. The van der Waals surface area contributed by atoms with Crippen molar-refractivity contribution < 1.29 is 14.3 Å². The van der Waals surface area contributed by atoms with Crippen molar-refractivity contribution in [1.82, 2.24) is 10.2 Å². The van der Waals surface area contributed by atoms with Crippen LogP contribution in [0.15, 0.2) is 48.5 Å². The molecule has 0 aromatic heterocycles. The molecule has 1 N–H and O–H groups in total. The molecule has 1 atom stereocenters. The lowest BCUT2D eigenvalue weighted by Crippen LogP contribution is -2.51. The number of nitrogens with zero attached hydrogens (tertiary/aromatic N) is 1. The summed E-state index contributed by atoms with van der Waals surface area (Å²) in [6.45, 7) is 9.99. The average molecular weight is 397 g/mol. The zero-order valence-corrected chi connectivity index (χ0v) is 18.1. The number of benzene rings is 2. The average Bonchev–Trinajstić information content (AvgIpc) is 2.67. The van der Waals surface area contributed by atoms with Crippen LogP contribution in [0, 0.1) is 13.8 Å². The van der Waals surface area contributed by atoms with Crippen molar-refractivity contribution in [2.45, 2.75) is 59.7 Å². The summed E-state index contributed by atoms with van der Waals surface area (Å²) in [5.41, 5.74) is 3.17. The van der Waals surface area contributed by atoms with Crippen LogP contribution in [0.2, 0.25) is 0 Å². The summed E-state index contributed by atoms with van der Waals surface area (Å²) in [6.07, 6.45) is 0.528. The molecule has 0 bridgehead atoms. The fourth-order valence-electron chi connectivity index (χ4n) is 3.20. The van der Waals surface area contributed by atoms with Gasteiger partial charge in [0.05, 0.1) is 0 Å². The third-order valence-corrected chi connectivity index (χ3v) is 4.77. The first-order chi connectivity index (χ1) is 13.8. The SMILES string of the molecule is CC[C@H](C(=O)NC(C)C)N(Cc1ccccc1C)C(=O)COc1cccc(C)c1. The number of ether oxygens (including phenoxy) is 1. The van der Waals surface area contributed by atoms with Gasteiger partial charge in [0.2, 0.25) is 5.91 Å². The maximum atomic E-state index is 13.1. The van der Waals surface area contributed by atoms with Crippen LogP contribution in [0.1, 0.15) is 43.9 Å². The van der Waals surface area contributed by atoms with Crippen molar-refractivity contribution in [3.63, 3.8) is 0 Å². The van der Waals surface area contributed by atoms with Gasteiger partial charge < -0.3 is 15.0 Å². The molecule has 0 fully saturated rings. The molecule has 0 aliphatic heterocycles. The van der Waals surface area contributed by atoms with Crippen molar-refractivity contribution in [2.24, 2.45) is 0 Å². The van der Waals surface area contributed by atoms with Crippen LogP contribution in [0.25, 0.3) is 0 Å².